The molecule has 0 atom stereocenters. The Morgan fingerprint density at radius 1 is 0.286 bits per heavy atom. The van der Waals surface area contributed by atoms with Crippen molar-refractivity contribution in [2.75, 3.05) is 0 Å². The van der Waals surface area contributed by atoms with Crippen LogP contribution in [0.25, 0.3) is 0 Å². The van der Waals surface area contributed by atoms with Crippen LogP contribution < -0.4 is 36.9 Å². The van der Waals surface area contributed by atoms with Crippen molar-refractivity contribution in [3.63, 3.8) is 0 Å². The van der Waals surface area contributed by atoms with Crippen molar-refractivity contribution in [2.45, 2.75) is 0 Å². The summed E-state index contributed by atoms with van der Waals surface area (Å²) in [7, 11) is 0. The van der Waals surface area contributed by atoms with E-state index in [1.54, 1.807) is 0 Å². The standard InChI is InChI=1S/6H3N.Ru/h6*1H3;/q;;;;;;+8. The molecule has 0 spiro atoms. The molecule has 7 heavy (non-hydrogen) atoms. The second-order valence-corrected chi connectivity index (χ2v) is 0. The van der Waals surface area contributed by atoms with Crippen molar-refractivity contribution in [1.82, 2.24) is 36.9 Å². The minimum absolute atomic E-state index is 0. The molecule has 0 saturated heterocycles. The van der Waals surface area contributed by atoms with Gasteiger partial charge in [-0.2, -0.15) is 0 Å². The van der Waals surface area contributed by atoms with E-state index in [0.717, 1.165) is 0 Å². The van der Waals surface area contributed by atoms with Crippen molar-refractivity contribution in [1.29, 1.82) is 0 Å². The molecule has 7 heteroatoms. The van der Waals surface area contributed by atoms with E-state index in [-0.39, 0.29) is 56.4 Å². The minimum Gasteiger partial charge on any atom is -0.344 e. The Hall–Kier alpha value is 0.383. The van der Waals surface area contributed by atoms with E-state index < -0.39 is 0 Å². The van der Waals surface area contributed by atoms with Gasteiger partial charge in [-0.1, -0.05) is 0 Å². The van der Waals surface area contributed by atoms with Crippen molar-refractivity contribution >= 4 is 0 Å². The third-order valence-electron chi connectivity index (χ3n) is 0. The molecule has 0 aromatic heterocycles. The quantitative estimate of drug-likeness (QED) is 0.315. The number of rotatable bonds is 0. The van der Waals surface area contributed by atoms with Crippen LogP contribution in [0.3, 0.4) is 0 Å². The molecule has 0 unspecified atom stereocenters. The zero-order valence-corrected chi connectivity index (χ0v) is 6.33. The fourth-order valence-electron chi connectivity index (χ4n) is 0. The van der Waals surface area contributed by atoms with Crippen LogP contribution in [0, 0.1) is 0 Å². The fourth-order valence-corrected chi connectivity index (χ4v) is 0. The SMILES string of the molecule is N.N.N.N.N.N.[Ru+8]. The first-order valence-corrected chi connectivity index (χ1v) is 0. The molecule has 0 aliphatic rings. The molecule has 0 radical (unpaired) electrons. The topological polar surface area (TPSA) is 210 Å². The van der Waals surface area contributed by atoms with E-state index in [2.05, 4.69) is 0 Å². The summed E-state index contributed by atoms with van der Waals surface area (Å²) in [5.41, 5.74) is 0. The first kappa shape index (κ1) is 2050. The maximum Gasteiger partial charge on any atom is 8.00 e. The summed E-state index contributed by atoms with van der Waals surface area (Å²) in [5.74, 6) is 0. The Kier molecular flexibility index (Phi) is 368000. The Morgan fingerprint density at radius 3 is 0.286 bits per heavy atom. The van der Waals surface area contributed by atoms with Crippen LogP contribution in [0.2, 0.25) is 0 Å². The minimum atomic E-state index is 0. The summed E-state index contributed by atoms with van der Waals surface area (Å²) < 4.78 is 0. The Labute approximate surface area is 57.1 Å². The molecule has 0 heterocycles. The van der Waals surface area contributed by atoms with Crippen LogP contribution in [0.5, 0.6) is 0 Å². The summed E-state index contributed by atoms with van der Waals surface area (Å²) >= 11 is 0. The zero-order valence-electron chi connectivity index (χ0n) is 4.60. The smallest absolute Gasteiger partial charge is 0.344 e. The second-order valence-electron chi connectivity index (χ2n) is 0. The summed E-state index contributed by atoms with van der Waals surface area (Å²) in [5, 5.41) is 0. The fraction of sp³-hybridized carbons (Fsp3) is 0. The molecule has 6 nitrogen and oxygen atoms in total. The number of hydrogen-bond donors (Lipinski definition) is 6. The largest absolute Gasteiger partial charge is 8.00 e. The van der Waals surface area contributed by atoms with Gasteiger partial charge in [-0.3, -0.25) is 0 Å². The molecule has 0 fully saturated rings. The van der Waals surface area contributed by atoms with Crippen molar-refractivity contribution in [2.24, 2.45) is 0 Å². The van der Waals surface area contributed by atoms with Gasteiger partial charge in [-0.05, 0) is 0 Å². The van der Waals surface area contributed by atoms with Crippen LogP contribution in [-0.4, -0.2) is 0 Å². The van der Waals surface area contributed by atoms with E-state index in [0.29, 0.717) is 0 Å². The molecular formula is H18N6Ru+8. The van der Waals surface area contributed by atoms with Crippen molar-refractivity contribution in [3.05, 3.63) is 0 Å². The third-order valence-corrected chi connectivity index (χ3v) is 0. The van der Waals surface area contributed by atoms with Crippen LogP contribution in [-0.2, 0) is 19.5 Å². The summed E-state index contributed by atoms with van der Waals surface area (Å²) in [6, 6.07) is 0. The summed E-state index contributed by atoms with van der Waals surface area (Å²) in [6.45, 7) is 0. The number of hydrogen-bond acceptors (Lipinski definition) is 6. The molecule has 0 aromatic carbocycles. The van der Waals surface area contributed by atoms with Gasteiger partial charge in [0.05, 0.1) is 0 Å². The maximum atomic E-state index is 0. The molecule has 0 aliphatic carbocycles. The van der Waals surface area contributed by atoms with Gasteiger partial charge in [0, 0.05) is 0 Å². The third kappa shape index (κ3) is 834. The molecule has 0 aromatic rings. The van der Waals surface area contributed by atoms with Gasteiger partial charge in [0.25, 0.3) is 0 Å². The van der Waals surface area contributed by atoms with E-state index >= 15 is 0 Å². The maximum absolute atomic E-state index is 0. The molecule has 18 N–H and O–H groups in total. The normalized spacial score (nSPS) is 0. The van der Waals surface area contributed by atoms with Gasteiger partial charge < -0.3 is 36.9 Å². The first-order chi connectivity index (χ1) is 0. The van der Waals surface area contributed by atoms with Crippen LogP contribution in [0.15, 0.2) is 0 Å². The average Bonchev–Trinajstić information content (AvgIpc) is 0. The van der Waals surface area contributed by atoms with Crippen LogP contribution >= 0.6 is 0 Å². The Balaban J connectivity index is 0. The summed E-state index contributed by atoms with van der Waals surface area (Å²) in [4.78, 5) is 0. The Bertz CT molecular complexity index is 4.14. The van der Waals surface area contributed by atoms with Gasteiger partial charge in [0.1, 0.15) is 0 Å². The van der Waals surface area contributed by atoms with Gasteiger partial charge in [0.2, 0.25) is 0 Å². The Morgan fingerprint density at radius 2 is 0.286 bits per heavy atom. The predicted octanol–water partition coefficient (Wildman–Crippen LogP) is 0.969. The second kappa shape index (κ2) is 1260. The van der Waals surface area contributed by atoms with Gasteiger partial charge >= 0.3 is 19.5 Å². The van der Waals surface area contributed by atoms with Crippen molar-refractivity contribution in [3.8, 4) is 0 Å². The van der Waals surface area contributed by atoms with E-state index in [9.17, 15) is 0 Å². The molecule has 0 bridgehead atoms. The van der Waals surface area contributed by atoms with E-state index in [4.69, 9.17) is 0 Å². The first-order valence-electron chi connectivity index (χ1n) is 0. The van der Waals surface area contributed by atoms with Crippen LogP contribution in [0.4, 0.5) is 0 Å². The molecule has 0 aliphatic heterocycles. The molecule has 0 amide bonds. The molecular weight excluding hydrogens is 185 g/mol. The molecule has 48 valence electrons. The summed E-state index contributed by atoms with van der Waals surface area (Å²) in [6.07, 6.45) is 0. The van der Waals surface area contributed by atoms with E-state index in [1.165, 1.54) is 0 Å². The predicted molar refractivity (Wildman–Crippen MR) is 30.1 cm³/mol. The van der Waals surface area contributed by atoms with Gasteiger partial charge in [0.15, 0.2) is 0 Å². The molecule has 0 saturated carbocycles. The average molecular weight is 203 g/mol. The van der Waals surface area contributed by atoms with Crippen LogP contribution in [0.1, 0.15) is 0 Å². The van der Waals surface area contributed by atoms with Gasteiger partial charge in [-0.15, -0.1) is 0 Å². The zero-order chi connectivity index (χ0) is 0. The van der Waals surface area contributed by atoms with Crippen molar-refractivity contribution < 1.29 is 19.5 Å². The van der Waals surface area contributed by atoms with E-state index in [1.807, 2.05) is 0 Å². The van der Waals surface area contributed by atoms with Gasteiger partial charge in [-0.25, -0.2) is 0 Å². The molecule has 0 rings (SSSR count). The monoisotopic (exact) mass is 204 g/mol.